The van der Waals surface area contributed by atoms with Gasteiger partial charge < -0.3 is 9.73 Å². The molecule has 1 aromatic heterocycles. The highest BCUT2D eigenvalue weighted by molar-refractivity contribution is 6.15. The number of rotatable bonds is 4. The van der Waals surface area contributed by atoms with Crippen molar-refractivity contribution in [2.45, 2.75) is 25.4 Å². The van der Waals surface area contributed by atoms with Crippen LogP contribution in [0.25, 0.3) is 44.2 Å². The van der Waals surface area contributed by atoms with E-state index in [0.717, 1.165) is 50.0 Å². The van der Waals surface area contributed by atoms with E-state index in [9.17, 15) is 0 Å². The van der Waals surface area contributed by atoms with Crippen molar-refractivity contribution in [3.8, 4) is 22.3 Å². The van der Waals surface area contributed by atoms with Crippen LogP contribution in [0.15, 0.2) is 154 Å². The normalized spacial score (nSPS) is 16.4. The van der Waals surface area contributed by atoms with Crippen molar-refractivity contribution < 1.29 is 4.42 Å². The number of benzene rings is 6. The van der Waals surface area contributed by atoms with Crippen LogP contribution in [-0.4, -0.2) is 11.7 Å². The Morgan fingerprint density at radius 2 is 1.22 bits per heavy atom. The van der Waals surface area contributed by atoms with E-state index in [1.54, 1.807) is 0 Å². The van der Waals surface area contributed by atoms with Gasteiger partial charge in [-0.1, -0.05) is 129 Å². The first-order valence-corrected chi connectivity index (χ1v) is 15.8. The molecule has 4 nitrogen and oxygen atoms in total. The molecule has 0 radical (unpaired) electrons. The third-order valence-electron chi connectivity index (χ3n) is 9.56. The first kappa shape index (κ1) is 26.6. The van der Waals surface area contributed by atoms with Crippen LogP contribution in [0.5, 0.6) is 0 Å². The maximum absolute atomic E-state index is 6.58. The van der Waals surface area contributed by atoms with Gasteiger partial charge in [0, 0.05) is 27.3 Å². The van der Waals surface area contributed by atoms with Crippen molar-refractivity contribution >= 4 is 33.6 Å². The average molecular weight is 594 g/mol. The summed E-state index contributed by atoms with van der Waals surface area (Å²) < 4.78 is 6.58. The Balaban J connectivity index is 1.14. The summed E-state index contributed by atoms with van der Waals surface area (Å²) in [6, 6.07) is 48.9. The highest BCUT2D eigenvalue weighted by Crippen LogP contribution is 2.52. The van der Waals surface area contributed by atoms with E-state index < -0.39 is 0 Å². The van der Waals surface area contributed by atoms with Crippen molar-refractivity contribution in [1.82, 2.24) is 5.32 Å². The lowest BCUT2D eigenvalue weighted by Crippen LogP contribution is -2.33. The summed E-state index contributed by atoms with van der Waals surface area (Å²) in [5.74, 6) is 1.48. The Labute approximate surface area is 267 Å². The van der Waals surface area contributed by atoms with Gasteiger partial charge in [-0.05, 0) is 63.2 Å². The largest absolute Gasteiger partial charge is 0.456 e. The molecule has 4 heteroatoms. The van der Waals surface area contributed by atoms with Gasteiger partial charge in [0.1, 0.15) is 23.2 Å². The zero-order valence-corrected chi connectivity index (χ0v) is 25.7. The summed E-state index contributed by atoms with van der Waals surface area (Å²) in [6.45, 7) is 4.64. The lowest BCUT2D eigenvalue weighted by Gasteiger charge is -2.23. The quantitative estimate of drug-likeness (QED) is 0.221. The molecule has 0 saturated heterocycles. The van der Waals surface area contributed by atoms with Crippen LogP contribution in [0.3, 0.4) is 0 Å². The number of nitrogens with zero attached hydrogens (tertiary/aromatic N) is 2. The molecule has 7 aromatic rings. The van der Waals surface area contributed by atoms with E-state index in [2.05, 4.69) is 122 Å². The van der Waals surface area contributed by atoms with Crippen LogP contribution >= 0.6 is 0 Å². The molecule has 1 aliphatic carbocycles. The summed E-state index contributed by atoms with van der Waals surface area (Å²) in [5.41, 5.74) is 12.5. The van der Waals surface area contributed by atoms with Gasteiger partial charge in [-0.2, -0.15) is 0 Å². The molecule has 0 spiro atoms. The Morgan fingerprint density at radius 1 is 0.587 bits per heavy atom. The van der Waals surface area contributed by atoms with Gasteiger partial charge in [-0.3, -0.25) is 0 Å². The Hall–Kier alpha value is -5.74. The number of fused-ring (bicyclic) bond motifs is 6. The second-order valence-corrected chi connectivity index (χ2v) is 12.7. The first-order chi connectivity index (χ1) is 22.5. The second kappa shape index (κ2) is 10.1. The van der Waals surface area contributed by atoms with Gasteiger partial charge in [0.25, 0.3) is 0 Å². The van der Waals surface area contributed by atoms with Crippen molar-refractivity contribution in [3.63, 3.8) is 0 Å². The standard InChI is InChI=1S/C42H31N3O/c1-42(2)34-18-10-9-16-33(34)38-30(17-11-19-35(38)42)28-20-22-31-32-23-21-29(25-37(32)46-36(31)24-28)41-44-39(26-12-5-3-6-13-26)43-40(45-41)27-14-7-4-8-15-27/h3-25,39H,1-2H3,(H,43,44,45). The third-order valence-corrected chi connectivity index (χ3v) is 9.56. The topological polar surface area (TPSA) is 49.9 Å². The van der Waals surface area contributed by atoms with Crippen LogP contribution in [0.4, 0.5) is 0 Å². The summed E-state index contributed by atoms with van der Waals surface area (Å²) in [7, 11) is 0. The molecule has 1 N–H and O–H groups in total. The maximum Gasteiger partial charge on any atom is 0.159 e. The molecule has 0 fully saturated rings. The van der Waals surface area contributed by atoms with Crippen LogP contribution in [0, 0.1) is 0 Å². The van der Waals surface area contributed by atoms with Gasteiger partial charge in [0.2, 0.25) is 0 Å². The Kier molecular flexibility index (Phi) is 5.88. The van der Waals surface area contributed by atoms with E-state index >= 15 is 0 Å². The maximum atomic E-state index is 6.58. The van der Waals surface area contributed by atoms with E-state index in [0.29, 0.717) is 5.84 Å². The molecule has 9 rings (SSSR count). The first-order valence-electron chi connectivity index (χ1n) is 15.8. The van der Waals surface area contributed by atoms with Gasteiger partial charge >= 0.3 is 0 Å². The summed E-state index contributed by atoms with van der Waals surface area (Å²) >= 11 is 0. The van der Waals surface area contributed by atoms with Crippen molar-refractivity contribution in [2.75, 3.05) is 0 Å². The van der Waals surface area contributed by atoms with Gasteiger partial charge in [0.05, 0.1) is 0 Å². The van der Waals surface area contributed by atoms with Crippen LogP contribution in [0.2, 0.25) is 0 Å². The molecule has 220 valence electrons. The van der Waals surface area contributed by atoms with Crippen molar-refractivity contribution in [2.24, 2.45) is 9.98 Å². The minimum absolute atomic E-state index is 0.0401. The smallest absolute Gasteiger partial charge is 0.159 e. The fourth-order valence-electron chi connectivity index (χ4n) is 7.21. The minimum atomic E-state index is -0.249. The van der Waals surface area contributed by atoms with Crippen LogP contribution in [-0.2, 0) is 5.41 Å². The molecule has 1 aliphatic heterocycles. The number of furan rings is 1. The second-order valence-electron chi connectivity index (χ2n) is 12.7. The van der Waals surface area contributed by atoms with Crippen molar-refractivity contribution in [3.05, 3.63) is 167 Å². The average Bonchev–Trinajstić information content (AvgIpc) is 3.60. The number of amidine groups is 2. The lowest BCUT2D eigenvalue weighted by molar-refractivity contribution is 0.660. The van der Waals surface area contributed by atoms with Crippen LogP contribution < -0.4 is 5.32 Å². The van der Waals surface area contributed by atoms with E-state index in [1.165, 1.54) is 27.8 Å². The zero-order valence-electron chi connectivity index (χ0n) is 25.7. The Bertz CT molecular complexity index is 2360. The number of nitrogens with one attached hydrogen (secondary N) is 1. The molecule has 6 aromatic carbocycles. The summed E-state index contributed by atoms with van der Waals surface area (Å²) in [5, 5.41) is 5.71. The fraction of sp³-hybridized carbons (Fsp3) is 0.0952. The third kappa shape index (κ3) is 4.14. The van der Waals surface area contributed by atoms with E-state index in [1.807, 2.05) is 36.4 Å². The molecular formula is C42H31N3O. The van der Waals surface area contributed by atoms with Gasteiger partial charge in [0.15, 0.2) is 5.84 Å². The SMILES string of the molecule is CC1(C)c2ccccc2-c2c(-c3ccc4c(c3)oc3cc(C5=NC(c6ccccc6)NC(c6ccccc6)=N5)ccc34)cccc21. The fourth-order valence-corrected chi connectivity index (χ4v) is 7.21. The molecule has 0 saturated carbocycles. The monoisotopic (exact) mass is 593 g/mol. The molecule has 1 atom stereocenters. The number of hydrogen-bond acceptors (Lipinski definition) is 4. The lowest BCUT2D eigenvalue weighted by atomic mass is 9.82. The molecule has 1 unspecified atom stereocenters. The molecule has 46 heavy (non-hydrogen) atoms. The summed E-state index contributed by atoms with van der Waals surface area (Å²) in [4.78, 5) is 10.0. The van der Waals surface area contributed by atoms with E-state index in [-0.39, 0.29) is 11.6 Å². The highest BCUT2D eigenvalue weighted by Gasteiger charge is 2.36. The number of hydrogen-bond donors (Lipinski definition) is 1. The zero-order chi connectivity index (χ0) is 30.8. The van der Waals surface area contributed by atoms with Gasteiger partial charge in [-0.25, -0.2) is 9.98 Å². The summed E-state index contributed by atoms with van der Waals surface area (Å²) in [6.07, 6.45) is -0.249. The van der Waals surface area contributed by atoms with Crippen LogP contribution in [0.1, 0.15) is 47.8 Å². The highest BCUT2D eigenvalue weighted by atomic mass is 16.3. The predicted molar refractivity (Wildman–Crippen MR) is 189 cm³/mol. The van der Waals surface area contributed by atoms with Gasteiger partial charge in [-0.15, -0.1) is 0 Å². The molecule has 0 amide bonds. The predicted octanol–water partition coefficient (Wildman–Crippen LogP) is 10.1. The Morgan fingerprint density at radius 3 is 2.00 bits per heavy atom. The minimum Gasteiger partial charge on any atom is -0.456 e. The van der Waals surface area contributed by atoms with Crippen molar-refractivity contribution in [1.29, 1.82) is 0 Å². The molecule has 2 aliphatic rings. The molecule has 0 bridgehead atoms. The van der Waals surface area contributed by atoms with E-state index in [4.69, 9.17) is 14.4 Å². The molecular weight excluding hydrogens is 562 g/mol. The molecule has 2 heterocycles. The number of aliphatic imine (C=N–C) groups is 2.